The maximum atomic E-state index is 11.5. The first-order chi connectivity index (χ1) is 12.3. The molecule has 0 aliphatic heterocycles. The monoisotopic (exact) mass is 377 g/mol. The summed E-state index contributed by atoms with van der Waals surface area (Å²) in [6.45, 7) is 1.88. The van der Waals surface area contributed by atoms with E-state index in [9.17, 15) is 13.2 Å². The second-order valence-corrected chi connectivity index (χ2v) is 8.21. The van der Waals surface area contributed by atoms with Crippen molar-refractivity contribution in [2.75, 3.05) is 26.5 Å². The van der Waals surface area contributed by atoms with E-state index in [2.05, 4.69) is 4.90 Å². The second kappa shape index (κ2) is 8.82. The first-order valence-corrected chi connectivity index (χ1v) is 10.1. The van der Waals surface area contributed by atoms with Gasteiger partial charge in [-0.15, -0.1) is 0 Å². The number of carboxylic acid groups (broad SMARTS) is 1. The Labute approximate surface area is 153 Å². The zero-order valence-corrected chi connectivity index (χ0v) is 15.7. The minimum absolute atomic E-state index is 0.241. The molecule has 0 heterocycles. The Balaban J connectivity index is 1.79. The molecule has 0 spiro atoms. The van der Waals surface area contributed by atoms with Crippen molar-refractivity contribution in [3.8, 4) is 5.75 Å². The van der Waals surface area contributed by atoms with Crippen LogP contribution in [0.2, 0.25) is 0 Å². The number of aromatic carboxylic acids is 1. The average Bonchev–Trinajstić information content (AvgIpc) is 2.58. The van der Waals surface area contributed by atoms with E-state index in [-0.39, 0.29) is 10.5 Å². The fourth-order valence-corrected chi connectivity index (χ4v) is 3.17. The number of hydrogen-bond acceptors (Lipinski definition) is 5. The first kappa shape index (κ1) is 19.9. The highest BCUT2D eigenvalue weighted by Gasteiger charge is 2.08. The topological polar surface area (TPSA) is 83.9 Å². The minimum Gasteiger partial charge on any atom is -0.494 e. The Hall–Kier alpha value is -2.38. The maximum absolute atomic E-state index is 11.5. The van der Waals surface area contributed by atoms with Gasteiger partial charge in [0.15, 0.2) is 9.84 Å². The SMILES string of the molecule is CN(CCCOc1cccc(S(C)(=O)=O)c1)Cc1cccc(C(=O)O)c1. The van der Waals surface area contributed by atoms with Crippen molar-refractivity contribution < 1.29 is 23.1 Å². The zero-order chi connectivity index (χ0) is 19.2. The third-order valence-corrected chi connectivity index (χ3v) is 4.92. The predicted octanol–water partition coefficient (Wildman–Crippen LogP) is 2.69. The van der Waals surface area contributed by atoms with E-state index in [1.165, 1.54) is 12.3 Å². The Morgan fingerprint density at radius 1 is 1.15 bits per heavy atom. The van der Waals surface area contributed by atoms with Crippen LogP contribution in [0.5, 0.6) is 5.75 Å². The molecule has 0 radical (unpaired) electrons. The molecule has 6 nitrogen and oxygen atoms in total. The van der Waals surface area contributed by atoms with E-state index >= 15 is 0 Å². The fourth-order valence-electron chi connectivity index (χ4n) is 2.51. The van der Waals surface area contributed by atoms with E-state index in [1.54, 1.807) is 36.4 Å². The molecule has 0 bridgehead atoms. The van der Waals surface area contributed by atoms with Gasteiger partial charge in [0, 0.05) is 19.3 Å². The molecule has 140 valence electrons. The number of carbonyl (C=O) groups is 1. The van der Waals surface area contributed by atoms with Crippen LogP contribution in [0.15, 0.2) is 53.4 Å². The van der Waals surface area contributed by atoms with Crippen LogP contribution < -0.4 is 4.74 Å². The van der Waals surface area contributed by atoms with Crippen molar-refractivity contribution in [2.24, 2.45) is 0 Å². The van der Waals surface area contributed by atoms with Gasteiger partial charge in [0.2, 0.25) is 0 Å². The third kappa shape index (κ3) is 6.16. The zero-order valence-electron chi connectivity index (χ0n) is 14.9. The van der Waals surface area contributed by atoms with Gasteiger partial charge in [-0.2, -0.15) is 0 Å². The molecule has 1 N–H and O–H groups in total. The van der Waals surface area contributed by atoms with Crippen molar-refractivity contribution in [3.63, 3.8) is 0 Å². The summed E-state index contributed by atoms with van der Waals surface area (Å²) < 4.78 is 28.7. The van der Waals surface area contributed by atoms with Gasteiger partial charge < -0.3 is 14.7 Å². The van der Waals surface area contributed by atoms with Gasteiger partial charge in [-0.25, -0.2) is 13.2 Å². The van der Waals surface area contributed by atoms with E-state index < -0.39 is 15.8 Å². The van der Waals surface area contributed by atoms with Gasteiger partial charge in [-0.05, 0) is 49.4 Å². The molecule has 7 heteroatoms. The number of hydrogen-bond donors (Lipinski definition) is 1. The van der Waals surface area contributed by atoms with Crippen LogP contribution in [0.4, 0.5) is 0 Å². The van der Waals surface area contributed by atoms with Crippen LogP contribution in [-0.4, -0.2) is 50.8 Å². The van der Waals surface area contributed by atoms with Crippen molar-refractivity contribution in [3.05, 3.63) is 59.7 Å². The van der Waals surface area contributed by atoms with Crippen LogP contribution in [0.3, 0.4) is 0 Å². The van der Waals surface area contributed by atoms with Crippen molar-refractivity contribution in [1.82, 2.24) is 4.90 Å². The Bertz CT molecular complexity index is 864. The largest absolute Gasteiger partial charge is 0.494 e. The number of benzene rings is 2. The molecule has 0 amide bonds. The summed E-state index contributed by atoms with van der Waals surface area (Å²) in [6.07, 6.45) is 1.93. The van der Waals surface area contributed by atoms with Gasteiger partial charge in [0.05, 0.1) is 17.1 Å². The standard InChI is InChI=1S/C19H23NO5S/c1-20(14-15-6-3-7-16(12-15)19(21)22)10-5-11-25-17-8-4-9-18(13-17)26(2,23)24/h3-4,6-9,12-13H,5,10-11,14H2,1-2H3,(H,21,22). The van der Waals surface area contributed by atoms with E-state index in [4.69, 9.17) is 9.84 Å². The molecule has 0 aromatic heterocycles. The fraction of sp³-hybridized carbons (Fsp3) is 0.316. The predicted molar refractivity (Wildman–Crippen MR) is 99.4 cm³/mol. The summed E-state index contributed by atoms with van der Waals surface area (Å²) in [7, 11) is -1.29. The summed E-state index contributed by atoms with van der Waals surface area (Å²) in [4.78, 5) is 13.3. The van der Waals surface area contributed by atoms with E-state index in [1.807, 2.05) is 13.1 Å². The first-order valence-electron chi connectivity index (χ1n) is 8.19. The van der Waals surface area contributed by atoms with Crippen molar-refractivity contribution >= 4 is 15.8 Å². The summed E-state index contributed by atoms with van der Waals surface area (Å²) in [5.41, 5.74) is 1.22. The Kier molecular flexibility index (Phi) is 6.76. The lowest BCUT2D eigenvalue weighted by Gasteiger charge is -2.17. The smallest absolute Gasteiger partial charge is 0.335 e. The molecule has 0 aliphatic rings. The number of rotatable bonds is 9. The lowest BCUT2D eigenvalue weighted by molar-refractivity contribution is 0.0696. The molecule has 0 fully saturated rings. The molecule has 2 aromatic carbocycles. The van der Waals surface area contributed by atoms with Crippen LogP contribution in [0, 0.1) is 0 Å². The van der Waals surface area contributed by atoms with Gasteiger partial charge >= 0.3 is 5.97 Å². The van der Waals surface area contributed by atoms with Crippen LogP contribution in [-0.2, 0) is 16.4 Å². The number of ether oxygens (including phenoxy) is 1. The lowest BCUT2D eigenvalue weighted by Crippen LogP contribution is -2.21. The number of carboxylic acids is 1. The van der Waals surface area contributed by atoms with E-state index in [0.717, 1.165) is 18.5 Å². The summed E-state index contributed by atoms with van der Waals surface area (Å²) in [5.74, 6) is -0.399. The third-order valence-electron chi connectivity index (χ3n) is 3.81. The molecule has 26 heavy (non-hydrogen) atoms. The quantitative estimate of drug-likeness (QED) is 0.677. The molecular formula is C19H23NO5S. The minimum atomic E-state index is -3.24. The molecule has 0 saturated heterocycles. The van der Waals surface area contributed by atoms with Gasteiger partial charge in [0.25, 0.3) is 0 Å². The molecule has 0 atom stereocenters. The highest BCUT2D eigenvalue weighted by molar-refractivity contribution is 7.90. The van der Waals surface area contributed by atoms with Gasteiger partial charge in [-0.3, -0.25) is 0 Å². The number of sulfone groups is 1. The summed E-state index contributed by atoms with van der Waals surface area (Å²) in [5, 5.41) is 9.03. The summed E-state index contributed by atoms with van der Waals surface area (Å²) >= 11 is 0. The molecule has 0 saturated carbocycles. The Morgan fingerprint density at radius 2 is 1.88 bits per heavy atom. The molecule has 2 rings (SSSR count). The van der Waals surface area contributed by atoms with E-state index in [0.29, 0.717) is 18.9 Å². The normalized spacial score (nSPS) is 11.5. The molecule has 0 unspecified atom stereocenters. The highest BCUT2D eigenvalue weighted by atomic mass is 32.2. The van der Waals surface area contributed by atoms with Gasteiger partial charge in [-0.1, -0.05) is 18.2 Å². The lowest BCUT2D eigenvalue weighted by atomic mass is 10.1. The highest BCUT2D eigenvalue weighted by Crippen LogP contribution is 2.17. The second-order valence-electron chi connectivity index (χ2n) is 6.19. The number of nitrogens with zero attached hydrogens (tertiary/aromatic N) is 1. The van der Waals surface area contributed by atoms with Crippen molar-refractivity contribution in [2.45, 2.75) is 17.9 Å². The van der Waals surface area contributed by atoms with Gasteiger partial charge in [0.1, 0.15) is 5.75 Å². The van der Waals surface area contributed by atoms with Crippen LogP contribution in [0.25, 0.3) is 0 Å². The molecule has 0 aliphatic carbocycles. The summed E-state index contributed by atoms with van der Waals surface area (Å²) in [6, 6.07) is 13.3. The maximum Gasteiger partial charge on any atom is 0.335 e. The van der Waals surface area contributed by atoms with Crippen LogP contribution >= 0.6 is 0 Å². The van der Waals surface area contributed by atoms with Crippen LogP contribution in [0.1, 0.15) is 22.3 Å². The average molecular weight is 377 g/mol. The Morgan fingerprint density at radius 3 is 2.58 bits per heavy atom. The molecule has 2 aromatic rings. The molecular weight excluding hydrogens is 354 g/mol. The van der Waals surface area contributed by atoms with Crippen molar-refractivity contribution in [1.29, 1.82) is 0 Å².